The molecule has 0 aliphatic heterocycles. The Balaban J connectivity index is 1.85. The minimum absolute atomic E-state index is 0.422. The predicted octanol–water partition coefficient (Wildman–Crippen LogP) is 4.50. The monoisotopic (exact) mass is 292 g/mol. The van der Waals surface area contributed by atoms with Crippen LogP contribution in [0.15, 0.2) is 48.5 Å². The average Bonchev–Trinajstić information content (AvgIpc) is 2.97. The van der Waals surface area contributed by atoms with Crippen molar-refractivity contribution in [1.82, 2.24) is 9.97 Å². The van der Waals surface area contributed by atoms with E-state index in [9.17, 15) is 4.79 Å². The van der Waals surface area contributed by atoms with Gasteiger partial charge in [-0.25, -0.2) is 4.98 Å². The number of hydrogen-bond donors (Lipinski definition) is 1. The summed E-state index contributed by atoms with van der Waals surface area (Å²) in [7, 11) is 0. The van der Waals surface area contributed by atoms with Crippen molar-refractivity contribution in [3.8, 4) is 0 Å². The van der Waals surface area contributed by atoms with Gasteiger partial charge in [-0.05, 0) is 30.0 Å². The van der Waals surface area contributed by atoms with E-state index in [1.807, 2.05) is 30.3 Å². The third-order valence-corrected chi connectivity index (χ3v) is 4.06. The van der Waals surface area contributed by atoms with E-state index < -0.39 is 0 Å². The standard InChI is InChI=1S/C19H20N2O/c1-2-5-16(15-10-8-14(13-22)9-11-15)12-19-20-17-6-3-4-7-18(17)21-19/h3-4,6-11,13,16H,2,5,12H2,1H3,(H,20,21). The van der Waals surface area contributed by atoms with Crippen LogP contribution in [0.25, 0.3) is 11.0 Å². The third kappa shape index (κ3) is 3.08. The lowest BCUT2D eigenvalue weighted by Crippen LogP contribution is -2.04. The zero-order chi connectivity index (χ0) is 15.4. The highest BCUT2D eigenvalue weighted by molar-refractivity contribution is 5.75. The first-order valence-corrected chi connectivity index (χ1v) is 7.79. The van der Waals surface area contributed by atoms with Crippen LogP contribution in [0.4, 0.5) is 0 Å². The number of aromatic amines is 1. The van der Waals surface area contributed by atoms with Crippen molar-refractivity contribution in [3.05, 3.63) is 65.5 Å². The van der Waals surface area contributed by atoms with E-state index in [4.69, 9.17) is 0 Å². The maximum atomic E-state index is 10.8. The summed E-state index contributed by atoms with van der Waals surface area (Å²) < 4.78 is 0. The fourth-order valence-electron chi connectivity index (χ4n) is 2.92. The molecule has 3 heteroatoms. The second-order valence-electron chi connectivity index (χ2n) is 5.67. The van der Waals surface area contributed by atoms with Gasteiger partial charge in [-0.1, -0.05) is 49.7 Å². The number of carbonyl (C=O) groups excluding carboxylic acids is 1. The molecule has 0 aliphatic rings. The van der Waals surface area contributed by atoms with Crippen LogP contribution in [-0.2, 0) is 6.42 Å². The normalized spacial score (nSPS) is 12.4. The molecule has 0 spiro atoms. The van der Waals surface area contributed by atoms with Crippen molar-refractivity contribution in [1.29, 1.82) is 0 Å². The van der Waals surface area contributed by atoms with Gasteiger partial charge < -0.3 is 4.98 Å². The first kappa shape index (κ1) is 14.5. The predicted molar refractivity (Wildman–Crippen MR) is 89.3 cm³/mol. The molecule has 1 aromatic heterocycles. The SMILES string of the molecule is CCCC(Cc1nc2ccccc2[nH]1)c1ccc(C=O)cc1. The van der Waals surface area contributed by atoms with E-state index >= 15 is 0 Å². The molecule has 0 fully saturated rings. The highest BCUT2D eigenvalue weighted by Crippen LogP contribution is 2.26. The molecule has 0 saturated carbocycles. The van der Waals surface area contributed by atoms with Crippen LogP contribution >= 0.6 is 0 Å². The molecule has 22 heavy (non-hydrogen) atoms. The van der Waals surface area contributed by atoms with Gasteiger partial charge in [0, 0.05) is 12.0 Å². The van der Waals surface area contributed by atoms with Gasteiger partial charge in [0.1, 0.15) is 12.1 Å². The molecule has 0 aliphatic carbocycles. The minimum Gasteiger partial charge on any atom is -0.342 e. The number of imidazole rings is 1. The van der Waals surface area contributed by atoms with E-state index in [-0.39, 0.29) is 0 Å². The second-order valence-corrected chi connectivity index (χ2v) is 5.67. The number of fused-ring (bicyclic) bond motifs is 1. The maximum absolute atomic E-state index is 10.8. The van der Waals surface area contributed by atoms with E-state index in [1.165, 1.54) is 5.56 Å². The molecule has 0 bridgehead atoms. The molecule has 1 heterocycles. The number of hydrogen-bond acceptors (Lipinski definition) is 2. The number of nitrogens with one attached hydrogen (secondary N) is 1. The molecule has 3 nitrogen and oxygen atoms in total. The van der Waals surface area contributed by atoms with Crippen molar-refractivity contribution in [2.75, 3.05) is 0 Å². The lowest BCUT2D eigenvalue weighted by molar-refractivity contribution is 0.112. The van der Waals surface area contributed by atoms with Gasteiger partial charge in [-0.3, -0.25) is 4.79 Å². The highest BCUT2D eigenvalue weighted by Gasteiger charge is 2.14. The fraction of sp³-hybridized carbons (Fsp3) is 0.263. The van der Waals surface area contributed by atoms with E-state index in [2.05, 4.69) is 35.1 Å². The number of para-hydroxylation sites is 2. The van der Waals surface area contributed by atoms with Gasteiger partial charge >= 0.3 is 0 Å². The zero-order valence-corrected chi connectivity index (χ0v) is 12.8. The summed E-state index contributed by atoms with van der Waals surface area (Å²) in [6.45, 7) is 2.20. The molecule has 0 amide bonds. The van der Waals surface area contributed by atoms with Crippen molar-refractivity contribution in [3.63, 3.8) is 0 Å². The summed E-state index contributed by atoms with van der Waals surface area (Å²) in [5, 5.41) is 0. The fourth-order valence-corrected chi connectivity index (χ4v) is 2.92. The Labute approximate surface area is 130 Å². The number of aldehydes is 1. The van der Waals surface area contributed by atoms with Gasteiger partial charge in [-0.2, -0.15) is 0 Å². The Kier molecular flexibility index (Phi) is 4.33. The molecular weight excluding hydrogens is 272 g/mol. The summed E-state index contributed by atoms with van der Waals surface area (Å²) in [4.78, 5) is 18.9. The largest absolute Gasteiger partial charge is 0.342 e. The lowest BCUT2D eigenvalue weighted by atomic mass is 9.90. The quantitative estimate of drug-likeness (QED) is 0.680. The lowest BCUT2D eigenvalue weighted by Gasteiger charge is -2.15. The molecule has 1 atom stereocenters. The van der Waals surface area contributed by atoms with Crippen molar-refractivity contribution in [2.45, 2.75) is 32.1 Å². The Hall–Kier alpha value is -2.42. The smallest absolute Gasteiger partial charge is 0.150 e. The number of aromatic nitrogens is 2. The summed E-state index contributed by atoms with van der Waals surface area (Å²) >= 11 is 0. The summed E-state index contributed by atoms with van der Waals surface area (Å²) in [6, 6.07) is 16.0. The van der Waals surface area contributed by atoms with Crippen LogP contribution in [-0.4, -0.2) is 16.3 Å². The molecular formula is C19H20N2O. The zero-order valence-electron chi connectivity index (χ0n) is 12.8. The number of nitrogens with zero attached hydrogens (tertiary/aromatic N) is 1. The molecule has 2 aromatic carbocycles. The van der Waals surface area contributed by atoms with Gasteiger partial charge in [0.05, 0.1) is 11.0 Å². The van der Waals surface area contributed by atoms with Gasteiger partial charge in [0.25, 0.3) is 0 Å². The summed E-state index contributed by atoms with van der Waals surface area (Å²) in [5.41, 5.74) is 4.10. The Bertz CT molecular complexity index is 725. The van der Waals surface area contributed by atoms with Crippen LogP contribution in [0, 0.1) is 0 Å². The van der Waals surface area contributed by atoms with Crippen LogP contribution in [0.5, 0.6) is 0 Å². The second kappa shape index (κ2) is 6.56. The van der Waals surface area contributed by atoms with Crippen LogP contribution in [0.1, 0.15) is 47.4 Å². The third-order valence-electron chi connectivity index (χ3n) is 4.06. The van der Waals surface area contributed by atoms with Crippen molar-refractivity contribution in [2.24, 2.45) is 0 Å². The molecule has 0 saturated heterocycles. The number of rotatable bonds is 6. The Morgan fingerprint density at radius 3 is 2.59 bits per heavy atom. The average molecular weight is 292 g/mol. The Morgan fingerprint density at radius 2 is 1.91 bits per heavy atom. The maximum Gasteiger partial charge on any atom is 0.150 e. The molecule has 0 radical (unpaired) electrons. The first-order valence-electron chi connectivity index (χ1n) is 7.79. The first-order chi connectivity index (χ1) is 10.8. The van der Waals surface area contributed by atoms with Gasteiger partial charge in [0.15, 0.2) is 0 Å². The van der Waals surface area contributed by atoms with E-state index in [1.54, 1.807) is 0 Å². The highest BCUT2D eigenvalue weighted by atomic mass is 16.1. The van der Waals surface area contributed by atoms with E-state index in [0.29, 0.717) is 5.92 Å². The van der Waals surface area contributed by atoms with Crippen molar-refractivity contribution >= 4 is 17.3 Å². The van der Waals surface area contributed by atoms with E-state index in [0.717, 1.165) is 48.0 Å². The Morgan fingerprint density at radius 1 is 1.14 bits per heavy atom. The minimum atomic E-state index is 0.422. The molecule has 3 aromatic rings. The topological polar surface area (TPSA) is 45.8 Å². The number of carbonyl (C=O) groups is 1. The molecule has 1 unspecified atom stereocenters. The van der Waals surface area contributed by atoms with Crippen LogP contribution in [0.3, 0.4) is 0 Å². The van der Waals surface area contributed by atoms with Gasteiger partial charge in [-0.15, -0.1) is 0 Å². The van der Waals surface area contributed by atoms with Gasteiger partial charge in [0.2, 0.25) is 0 Å². The van der Waals surface area contributed by atoms with Crippen molar-refractivity contribution < 1.29 is 4.79 Å². The van der Waals surface area contributed by atoms with Crippen LogP contribution < -0.4 is 0 Å². The summed E-state index contributed by atoms with van der Waals surface area (Å²) in [5.74, 6) is 1.45. The summed E-state index contributed by atoms with van der Waals surface area (Å²) in [6.07, 6.45) is 4.01. The number of benzene rings is 2. The van der Waals surface area contributed by atoms with Crippen LogP contribution in [0.2, 0.25) is 0 Å². The molecule has 3 rings (SSSR count). The number of H-pyrrole nitrogens is 1. The molecule has 1 N–H and O–H groups in total. The molecule has 112 valence electrons.